The molecule has 2 aliphatic rings. The Morgan fingerprint density at radius 1 is 1.41 bits per heavy atom. The predicted octanol–water partition coefficient (Wildman–Crippen LogP) is 1.92. The van der Waals surface area contributed by atoms with Crippen LogP contribution in [0.3, 0.4) is 0 Å². The third kappa shape index (κ3) is 2.44. The Labute approximate surface area is 133 Å². The lowest BCUT2D eigenvalue weighted by Crippen LogP contribution is -2.65. The van der Waals surface area contributed by atoms with E-state index in [0.29, 0.717) is 18.4 Å². The van der Waals surface area contributed by atoms with E-state index in [-0.39, 0.29) is 5.60 Å². The van der Waals surface area contributed by atoms with E-state index < -0.39 is 0 Å². The van der Waals surface area contributed by atoms with Gasteiger partial charge in [-0.2, -0.15) is 0 Å². The van der Waals surface area contributed by atoms with Crippen molar-refractivity contribution in [3.63, 3.8) is 0 Å². The first-order chi connectivity index (χ1) is 10.8. The maximum atomic E-state index is 6.05. The van der Waals surface area contributed by atoms with Crippen LogP contribution in [0.2, 0.25) is 0 Å². The van der Waals surface area contributed by atoms with Crippen molar-refractivity contribution in [3.05, 3.63) is 29.4 Å². The Hall–Kier alpha value is -1.73. The first kappa shape index (κ1) is 13.9. The molecule has 0 aromatic carbocycles. The van der Waals surface area contributed by atoms with Crippen molar-refractivity contribution in [1.29, 1.82) is 0 Å². The van der Waals surface area contributed by atoms with Crippen molar-refractivity contribution in [2.45, 2.75) is 18.9 Å². The second kappa shape index (κ2) is 5.48. The van der Waals surface area contributed by atoms with Crippen LogP contribution in [0.4, 0.5) is 5.13 Å². The van der Waals surface area contributed by atoms with Gasteiger partial charge in [-0.3, -0.25) is 0 Å². The molecule has 0 unspecified atom stereocenters. The minimum Gasteiger partial charge on any atom is -0.477 e. The first-order valence-corrected chi connectivity index (χ1v) is 8.30. The molecule has 7 heteroatoms. The van der Waals surface area contributed by atoms with Crippen molar-refractivity contribution in [1.82, 2.24) is 15.2 Å². The summed E-state index contributed by atoms with van der Waals surface area (Å²) in [6.07, 6.45) is 2.79. The van der Waals surface area contributed by atoms with E-state index >= 15 is 0 Å². The monoisotopic (exact) mass is 318 g/mol. The summed E-state index contributed by atoms with van der Waals surface area (Å²) in [4.78, 5) is 6.45. The van der Waals surface area contributed by atoms with E-state index in [1.54, 1.807) is 17.5 Å². The van der Waals surface area contributed by atoms with Gasteiger partial charge in [-0.25, -0.2) is 4.98 Å². The lowest BCUT2D eigenvalue weighted by molar-refractivity contribution is -0.0526. The Kier molecular flexibility index (Phi) is 3.46. The van der Waals surface area contributed by atoms with Crippen molar-refractivity contribution >= 4 is 16.5 Å². The zero-order valence-corrected chi connectivity index (χ0v) is 13.3. The second-order valence-corrected chi connectivity index (χ2v) is 7.00. The molecule has 1 atom stereocenters. The molecule has 4 heterocycles. The van der Waals surface area contributed by atoms with Crippen LogP contribution in [0.15, 0.2) is 24.4 Å². The van der Waals surface area contributed by atoms with Crippen LogP contribution in [-0.4, -0.2) is 47.1 Å². The summed E-state index contributed by atoms with van der Waals surface area (Å²) in [5.41, 5.74) is -0.0889. The van der Waals surface area contributed by atoms with Crippen LogP contribution in [0.5, 0.6) is 5.88 Å². The molecule has 6 nitrogen and oxygen atoms in total. The molecular formula is C15H18N4O2S. The highest BCUT2D eigenvalue weighted by Crippen LogP contribution is 2.42. The van der Waals surface area contributed by atoms with Crippen molar-refractivity contribution < 1.29 is 9.47 Å². The van der Waals surface area contributed by atoms with E-state index in [0.717, 1.165) is 36.3 Å². The SMILES string of the molecule is Cc1nnc(N2CC3(C2)OCC[C@@H]3COc2ccccn2)s1. The maximum Gasteiger partial charge on any atom is 0.213 e. The second-order valence-electron chi connectivity index (χ2n) is 5.84. The van der Waals surface area contributed by atoms with Gasteiger partial charge in [0.05, 0.1) is 19.7 Å². The van der Waals surface area contributed by atoms with Crippen LogP contribution in [-0.2, 0) is 4.74 Å². The van der Waals surface area contributed by atoms with Crippen molar-refractivity contribution in [2.24, 2.45) is 5.92 Å². The molecule has 116 valence electrons. The number of ether oxygens (including phenoxy) is 2. The van der Waals surface area contributed by atoms with E-state index in [1.807, 2.05) is 25.1 Å². The summed E-state index contributed by atoms with van der Waals surface area (Å²) in [5, 5.41) is 10.3. The number of rotatable bonds is 4. The van der Waals surface area contributed by atoms with Gasteiger partial charge in [0.25, 0.3) is 0 Å². The van der Waals surface area contributed by atoms with E-state index in [2.05, 4.69) is 20.1 Å². The molecule has 0 amide bonds. The zero-order valence-electron chi connectivity index (χ0n) is 12.4. The summed E-state index contributed by atoms with van der Waals surface area (Å²) in [6.45, 7) is 5.18. The van der Waals surface area contributed by atoms with Gasteiger partial charge in [-0.1, -0.05) is 17.4 Å². The van der Waals surface area contributed by atoms with Gasteiger partial charge in [0.2, 0.25) is 11.0 Å². The smallest absolute Gasteiger partial charge is 0.213 e. The molecule has 2 aromatic rings. The summed E-state index contributed by atoms with van der Waals surface area (Å²) < 4.78 is 11.9. The van der Waals surface area contributed by atoms with Crippen molar-refractivity contribution in [2.75, 3.05) is 31.2 Å². The topological polar surface area (TPSA) is 60.4 Å². The highest BCUT2D eigenvalue weighted by Gasteiger charge is 2.54. The number of hydrogen-bond donors (Lipinski definition) is 0. The minimum absolute atomic E-state index is 0.0889. The predicted molar refractivity (Wildman–Crippen MR) is 83.4 cm³/mol. The van der Waals surface area contributed by atoms with E-state index in [4.69, 9.17) is 9.47 Å². The fraction of sp³-hybridized carbons (Fsp3) is 0.533. The first-order valence-electron chi connectivity index (χ1n) is 7.48. The average Bonchev–Trinajstić information content (AvgIpc) is 3.10. The summed E-state index contributed by atoms with van der Waals surface area (Å²) in [6, 6.07) is 5.71. The lowest BCUT2D eigenvalue weighted by Gasteiger charge is -2.49. The summed E-state index contributed by atoms with van der Waals surface area (Å²) in [7, 11) is 0. The zero-order chi connectivity index (χ0) is 15.0. The Bertz CT molecular complexity index is 642. The Morgan fingerprint density at radius 2 is 2.32 bits per heavy atom. The maximum absolute atomic E-state index is 6.05. The van der Waals surface area contributed by atoms with Gasteiger partial charge in [0, 0.05) is 24.8 Å². The van der Waals surface area contributed by atoms with Crippen LogP contribution >= 0.6 is 11.3 Å². The van der Waals surface area contributed by atoms with Gasteiger partial charge in [0.15, 0.2) is 0 Å². The van der Waals surface area contributed by atoms with E-state index in [9.17, 15) is 0 Å². The highest BCUT2D eigenvalue weighted by molar-refractivity contribution is 7.15. The number of anilines is 1. The number of nitrogens with zero attached hydrogens (tertiary/aromatic N) is 4. The minimum atomic E-state index is -0.0889. The summed E-state index contributed by atoms with van der Waals surface area (Å²) >= 11 is 1.63. The van der Waals surface area contributed by atoms with Crippen LogP contribution in [0.25, 0.3) is 0 Å². The quantitative estimate of drug-likeness (QED) is 0.858. The molecule has 1 spiro atoms. The third-order valence-electron chi connectivity index (χ3n) is 4.37. The van der Waals surface area contributed by atoms with Gasteiger partial charge < -0.3 is 14.4 Å². The average molecular weight is 318 g/mol. The lowest BCUT2D eigenvalue weighted by atomic mass is 9.81. The summed E-state index contributed by atoms with van der Waals surface area (Å²) in [5.74, 6) is 1.08. The van der Waals surface area contributed by atoms with Gasteiger partial charge >= 0.3 is 0 Å². The molecular weight excluding hydrogens is 300 g/mol. The molecule has 0 N–H and O–H groups in total. The number of aryl methyl sites for hydroxylation is 1. The molecule has 2 aliphatic heterocycles. The Morgan fingerprint density at radius 3 is 3.05 bits per heavy atom. The molecule has 0 saturated carbocycles. The van der Waals surface area contributed by atoms with E-state index in [1.165, 1.54) is 0 Å². The molecule has 22 heavy (non-hydrogen) atoms. The van der Waals surface area contributed by atoms with Crippen LogP contribution in [0.1, 0.15) is 11.4 Å². The number of aromatic nitrogens is 3. The van der Waals surface area contributed by atoms with Gasteiger partial charge in [-0.05, 0) is 19.4 Å². The van der Waals surface area contributed by atoms with Crippen molar-refractivity contribution in [3.8, 4) is 5.88 Å². The highest BCUT2D eigenvalue weighted by atomic mass is 32.1. The molecule has 4 rings (SSSR count). The fourth-order valence-electron chi connectivity index (χ4n) is 3.14. The fourth-order valence-corrected chi connectivity index (χ4v) is 3.82. The molecule has 0 bridgehead atoms. The van der Waals surface area contributed by atoms with Gasteiger partial charge in [-0.15, -0.1) is 10.2 Å². The van der Waals surface area contributed by atoms with Gasteiger partial charge in [0.1, 0.15) is 10.6 Å². The Balaban J connectivity index is 1.38. The molecule has 0 aliphatic carbocycles. The largest absolute Gasteiger partial charge is 0.477 e. The standard InChI is InChI=1S/C15H18N4O2S/c1-11-17-18-14(22-11)19-9-15(10-19)12(5-7-21-15)8-20-13-4-2-3-6-16-13/h2-4,6,12H,5,7-10H2,1H3/t12-/m1/s1. The molecule has 2 fully saturated rings. The van der Waals surface area contributed by atoms with Crippen LogP contribution < -0.4 is 9.64 Å². The molecule has 2 saturated heterocycles. The molecule has 0 radical (unpaired) electrons. The molecule has 2 aromatic heterocycles. The number of pyridine rings is 1. The normalized spacial score (nSPS) is 22.8. The van der Waals surface area contributed by atoms with Crippen LogP contribution in [0, 0.1) is 12.8 Å². The number of hydrogen-bond acceptors (Lipinski definition) is 7. The third-order valence-corrected chi connectivity index (χ3v) is 5.27.